The van der Waals surface area contributed by atoms with Crippen LogP contribution in [0.5, 0.6) is 0 Å². The maximum Gasteiger partial charge on any atom is -0.00650 e. The molecular weight excluding hydrogens is 132 g/mol. The summed E-state index contributed by atoms with van der Waals surface area (Å²) >= 11 is 0. The third-order valence-corrected chi connectivity index (χ3v) is 4.71. The summed E-state index contributed by atoms with van der Waals surface area (Å²) in [6.45, 7) is 11.4. The van der Waals surface area contributed by atoms with E-state index in [-0.39, 0.29) is 0 Å². The summed E-state index contributed by atoms with van der Waals surface area (Å²) < 4.78 is 0. The molecule has 2 bridgehead atoms. The van der Waals surface area contributed by atoms with E-state index >= 15 is 0 Å². The number of hydrogen-bond donors (Lipinski definition) is 0. The molecule has 2 atom stereocenters. The van der Waals surface area contributed by atoms with E-state index in [4.69, 9.17) is 0 Å². The van der Waals surface area contributed by atoms with Crippen molar-refractivity contribution in [3.05, 3.63) is 12.2 Å². The molecule has 62 valence electrons. The quantitative estimate of drug-likeness (QED) is 0.464. The molecule has 0 spiro atoms. The average Bonchev–Trinajstić information content (AvgIpc) is 2.20. The predicted molar refractivity (Wildman–Crippen MR) is 48.4 cm³/mol. The molecule has 0 nitrogen and oxygen atoms in total. The summed E-state index contributed by atoms with van der Waals surface area (Å²) in [5.41, 5.74) is 2.51. The van der Waals surface area contributed by atoms with Gasteiger partial charge in [0.25, 0.3) is 0 Å². The summed E-state index contributed by atoms with van der Waals surface area (Å²) in [5, 5.41) is 0. The lowest BCUT2D eigenvalue weighted by Gasteiger charge is -2.35. The third-order valence-electron chi connectivity index (χ3n) is 4.71. The molecule has 0 N–H and O–H groups in total. The van der Waals surface area contributed by atoms with Crippen molar-refractivity contribution in [2.24, 2.45) is 16.7 Å². The van der Waals surface area contributed by atoms with E-state index in [1.807, 2.05) is 0 Å². The van der Waals surface area contributed by atoms with Crippen LogP contribution in [0.4, 0.5) is 0 Å². The molecule has 11 heavy (non-hydrogen) atoms. The van der Waals surface area contributed by atoms with Gasteiger partial charge in [0.2, 0.25) is 0 Å². The molecule has 2 aliphatic rings. The van der Waals surface area contributed by atoms with Gasteiger partial charge in [-0.2, -0.15) is 0 Å². The second kappa shape index (κ2) is 1.73. The number of rotatable bonds is 0. The van der Waals surface area contributed by atoms with Crippen molar-refractivity contribution >= 4 is 0 Å². The van der Waals surface area contributed by atoms with Gasteiger partial charge in [-0.15, -0.1) is 0 Å². The summed E-state index contributed by atoms with van der Waals surface area (Å²) in [5.74, 6) is 0.931. The van der Waals surface area contributed by atoms with Crippen molar-refractivity contribution in [3.8, 4) is 0 Å². The summed E-state index contributed by atoms with van der Waals surface area (Å²) in [6.07, 6.45) is 4.11. The van der Waals surface area contributed by atoms with E-state index in [0.717, 1.165) is 5.92 Å². The molecular formula is C11H18. The number of hydrogen-bond acceptors (Lipinski definition) is 0. The van der Waals surface area contributed by atoms with Gasteiger partial charge in [-0.3, -0.25) is 0 Å². The van der Waals surface area contributed by atoms with Gasteiger partial charge in [-0.05, 0) is 36.0 Å². The first kappa shape index (κ1) is 7.39. The normalized spacial score (nSPS) is 46.8. The zero-order valence-corrected chi connectivity index (χ0v) is 7.91. The summed E-state index contributed by atoms with van der Waals surface area (Å²) in [6, 6.07) is 0. The minimum Gasteiger partial charge on any atom is -0.0993 e. The van der Waals surface area contributed by atoms with Crippen LogP contribution in [0.15, 0.2) is 12.2 Å². The first-order valence-corrected chi connectivity index (χ1v) is 4.67. The molecule has 0 aliphatic heterocycles. The van der Waals surface area contributed by atoms with Crippen LogP contribution in [0.25, 0.3) is 0 Å². The van der Waals surface area contributed by atoms with Gasteiger partial charge < -0.3 is 0 Å². The van der Waals surface area contributed by atoms with E-state index < -0.39 is 0 Å². The Bertz CT molecular complexity index is 212. The Morgan fingerprint density at radius 3 is 2.18 bits per heavy atom. The highest BCUT2D eigenvalue weighted by Crippen LogP contribution is 2.67. The van der Waals surface area contributed by atoms with Crippen molar-refractivity contribution < 1.29 is 0 Å². The van der Waals surface area contributed by atoms with Gasteiger partial charge in [0.05, 0.1) is 0 Å². The molecule has 0 aromatic rings. The second-order valence-corrected chi connectivity index (χ2v) is 5.10. The summed E-state index contributed by atoms with van der Waals surface area (Å²) in [7, 11) is 0. The van der Waals surface area contributed by atoms with Crippen molar-refractivity contribution in [3.63, 3.8) is 0 Å². The second-order valence-electron chi connectivity index (χ2n) is 5.10. The number of allylic oxidation sites excluding steroid dienone is 1. The van der Waals surface area contributed by atoms with E-state index in [0.29, 0.717) is 10.8 Å². The van der Waals surface area contributed by atoms with E-state index in [1.54, 1.807) is 0 Å². The van der Waals surface area contributed by atoms with Crippen LogP contribution in [0.2, 0.25) is 0 Å². The molecule has 0 aromatic carbocycles. The van der Waals surface area contributed by atoms with Gasteiger partial charge in [-0.1, -0.05) is 32.9 Å². The van der Waals surface area contributed by atoms with Gasteiger partial charge in [0.15, 0.2) is 0 Å². The largest absolute Gasteiger partial charge is 0.0993 e. The van der Waals surface area contributed by atoms with Crippen LogP contribution in [0.1, 0.15) is 40.0 Å². The molecule has 0 radical (unpaired) electrons. The van der Waals surface area contributed by atoms with Crippen LogP contribution >= 0.6 is 0 Å². The predicted octanol–water partition coefficient (Wildman–Crippen LogP) is 3.39. The fraction of sp³-hybridized carbons (Fsp3) is 0.818. The Morgan fingerprint density at radius 1 is 1.36 bits per heavy atom. The van der Waals surface area contributed by atoms with E-state index in [1.165, 1.54) is 24.8 Å². The topological polar surface area (TPSA) is 0 Å². The smallest absolute Gasteiger partial charge is 0.00650 e. The molecule has 2 fully saturated rings. The molecule has 0 amide bonds. The lowest BCUT2D eigenvalue weighted by molar-refractivity contribution is 0.179. The van der Waals surface area contributed by atoms with Crippen LogP contribution < -0.4 is 0 Å². The van der Waals surface area contributed by atoms with Gasteiger partial charge in [0, 0.05) is 0 Å². The molecule has 0 saturated heterocycles. The summed E-state index contributed by atoms with van der Waals surface area (Å²) in [4.78, 5) is 0. The van der Waals surface area contributed by atoms with Crippen molar-refractivity contribution in [2.45, 2.75) is 40.0 Å². The van der Waals surface area contributed by atoms with E-state index in [2.05, 4.69) is 27.4 Å². The fourth-order valence-electron chi connectivity index (χ4n) is 3.11. The lowest BCUT2D eigenvalue weighted by Crippen LogP contribution is -2.27. The van der Waals surface area contributed by atoms with Crippen molar-refractivity contribution in [1.29, 1.82) is 0 Å². The zero-order valence-electron chi connectivity index (χ0n) is 7.91. The van der Waals surface area contributed by atoms with Crippen molar-refractivity contribution in [1.82, 2.24) is 0 Å². The van der Waals surface area contributed by atoms with Crippen LogP contribution in [0.3, 0.4) is 0 Å². The Labute approximate surface area is 69.7 Å². The van der Waals surface area contributed by atoms with Gasteiger partial charge in [0.1, 0.15) is 0 Å². The molecule has 2 rings (SSSR count). The average molecular weight is 150 g/mol. The Kier molecular flexibility index (Phi) is 1.16. The molecule has 2 saturated carbocycles. The van der Waals surface area contributed by atoms with Crippen LogP contribution in [0, 0.1) is 16.7 Å². The van der Waals surface area contributed by atoms with Crippen molar-refractivity contribution in [2.75, 3.05) is 0 Å². The molecule has 0 aromatic heterocycles. The maximum atomic E-state index is 4.20. The van der Waals surface area contributed by atoms with Crippen LogP contribution in [-0.4, -0.2) is 0 Å². The molecule has 0 heteroatoms. The highest BCUT2D eigenvalue weighted by molar-refractivity contribution is 5.26. The van der Waals surface area contributed by atoms with Gasteiger partial charge >= 0.3 is 0 Å². The fourth-order valence-corrected chi connectivity index (χ4v) is 3.11. The molecule has 2 aliphatic carbocycles. The molecule has 0 unspecified atom stereocenters. The Hall–Kier alpha value is -0.260. The molecule has 0 heterocycles. The minimum absolute atomic E-state index is 0.470. The first-order chi connectivity index (χ1) is 4.98. The highest BCUT2D eigenvalue weighted by atomic mass is 14.6. The monoisotopic (exact) mass is 150 g/mol. The van der Waals surface area contributed by atoms with Gasteiger partial charge in [-0.25, -0.2) is 0 Å². The van der Waals surface area contributed by atoms with Crippen LogP contribution in [-0.2, 0) is 0 Å². The Morgan fingerprint density at radius 2 is 2.00 bits per heavy atom. The standard InChI is InChI=1S/C11H18/c1-8-7-9-5-6-11(8,4)10(9,2)3/h9H,1,5-7H2,2-4H3/t9-,11+/m0/s1. The SMILES string of the molecule is C=C1C[C@@H]2CC[C@@]1(C)C2(C)C. The first-order valence-electron chi connectivity index (χ1n) is 4.67. The third kappa shape index (κ3) is 0.617. The highest BCUT2D eigenvalue weighted by Gasteiger charge is 2.57. The minimum atomic E-state index is 0.470. The van der Waals surface area contributed by atoms with E-state index in [9.17, 15) is 0 Å². The Balaban J connectivity index is 2.47. The lowest BCUT2D eigenvalue weighted by atomic mass is 9.69. The number of fused-ring (bicyclic) bond motifs is 2. The zero-order chi connectivity index (χ0) is 8.28. The maximum absolute atomic E-state index is 4.20.